The van der Waals surface area contributed by atoms with Gasteiger partial charge < -0.3 is 9.84 Å². The van der Waals surface area contributed by atoms with Crippen LogP contribution in [0, 0.1) is 5.92 Å². The number of halogens is 1. The molecule has 1 saturated heterocycles. The first kappa shape index (κ1) is 18.0. The van der Waals surface area contributed by atoms with Crippen molar-refractivity contribution < 1.29 is 9.84 Å². The van der Waals surface area contributed by atoms with Crippen LogP contribution >= 0.6 is 15.9 Å². The molecule has 124 valence electrons. The molecule has 0 saturated carbocycles. The van der Waals surface area contributed by atoms with Crippen molar-refractivity contribution in [1.82, 2.24) is 0 Å². The van der Waals surface area contributed by atoms with Gasteiger partial charge in [0.15, 0.2) is 0 Å². The van der Waals surface area contributed by atoms with E-state index in [4.69, 9.17) is 4.74 Å². The monoisotopic (exact) mass is 368 g/mol. The fourth-order valence-corrected chi connectivity index (χ4v) is 3.87. The van der Waals surface area contributed by atoms with Crippen LogP contribution in [0.4, 0.5) is 0 Å². The molecule has 0 aromatic heterocycles. The molecule has 2 rings (SSSR count). The SMILES string of the molecule is CC(C)C(C)(O)C[C@@H]1C[C@H](Br)C[C@H](CCc2ccccc2)O1. The summed E-state index contributed by atoms with van der Waals surface area (Å²) in [5.41, 5.74) is 0.715. The molecule has 0 amide bonds. The van der Waals surface area contributed by atoms with Crippen molar-refractivity contribution in [3.05, 3.63) is 35.9 Å². The average Bonchev–Trinajstić information content (AvgIpc) is 2.45. The van der Waals surface area contributed by atoms with Gasteiger partial charge in [-0.25, -0.2) is 0 Å². The summed E-state index contributed by atoms with van der Waals surface area (Å²) in [5.74, 6) is 0.245. The second-order valence-electron chi connectivity index (χ2n) is 7.19. The van der Waals surface area contributed by atoms with Crippen LogP contribution < -0.4 is 0 Å². The maximum absolute atomic E-state index is 10.5. The molecule has 4 atom stereocenters. The smallest absolute Gasteiger partial charge is 0.0667 e. The number of aliphatic hydroxyl groups is 1. The Balaban J connectivity index is 1.88. The number of hydrogen-bond acceptors (Lipinski definition) is 2. The third kappa shape index (κ3) is 5.36. The van der Waals surface area contributed by atoms with Crippen molar-refractivity contribution in [2.75, 3.05) is 0 Å². The molecule has 0 bridgehead atoms. The number of ether oxygens (including phenoxy) is 1. The van der Waals surface area contributed by atoms with Gasteiger partial charge >= 0.3 is 0 Å². The highest BCUT2D eigenvalue weighted by molar-refractivity contribution is 9.09. The van der Waals surface area contributed by atoms with Crippen molar-refractivity contribution in [1.29, 1.82) is 0 Å². The lowest BCUT2D eigenvalue weighted by Gasteiger charge is -2.38. The third-order valence-electron chi connectivity index (χ3n) is 4.90. The quantitative estimate of drug-likeness (QED) is 0.735. The summed E-state index contributed by atoms with van der Waals surface area (Å²) in [6.45, 7) is 6.07. The van der Waals surface area contributed by atoms with Crippen molar-refractivity contribution in [3.63, 3.8) is 0 Å². The van der Waals surface area contributed by atoms with E-state index in [0.717, 1.165) is 25.7 Å². The lowest BCUT2D eigenvalue weighted by Crippen LogP contribution is -2.41. The number of aryl methyl sites for hydroxylation is 1. The van der Waals surface area contributed by atoms with Crippen LogP contribution in [0.2, 0.25) is 0 Å². The van der Waals surface area contributed by atoms with Crippen LogP contribution in [0.1, 0.15) is 52.0 Å². The number of hydrogen-bond donors (Lipinski definition) is 1. The van der Waals surface area contributed by atoms with E-state index in [1.165, 1.54) is 5.56 Å². The van der Waals surface area contributed by atoms with Crippen LogP contribution in [-0.4, -0.2) is 27.7 Å². The normalized spacial score (nSPS) is 28.5. The second-order valence-corrected chi connectivity index (χ2v) is 8.48. The van der Waals surface area contributed by atoms with Gasteiger partial charge in [-0.3, -0.25) is 0 Å². The van der Waals surface area contributed by atoms with Gasteiger partial charge in [0, 0.05) is 11.2 Å². The van der Waals surface area contributed by atoms with Gasteiger partial charge in [-0.05, 0) is 44.1 Å². The highest BCUT2D eigenvalue weighted by Crippen LogP contribution is 2.33. The standard InChI is InChI=1S/C19H29BrO2/c1-14(2)19(3,21)13-18-12-16(20)11-17(22-18)10-9-15-7-5-4-6-8-15/h4-8,14,16-18,21H,9-13H2,1-3H3/t16-,17+,18+,19?/m1/s1. The Hall–Kier alpha value is -0.380. The molecular formula is C19H29BrO2. The number of rotatable bonds is 6. The number of alkyl halides is 1. The molecule has 1 aliphatic heterocycles. The van der Waals surface area contributed by atoms with E-state index in [2.05, 4.69) is 60.1 Å². The Labute approximate surface area is 143 Å². The summed E-state index contributed by atoms with van der Waals surface area (Å²) in [4.78, 5) is 0.495. The van der Waals surface area contributed by atoms with E-state index >= 15 is 0 Å². The van der Waals surface area contributed by atoms with E-state index in [-0.39, 0.29) is 18.1 Å². The maximum atomic E-state index is 10.5. The molecule has 0 aliphatic carbocycles. The maximum Gasteiger partial charge on any atom is 0.0667 e. The first-order valence-corrected chi connectivity index (χ1v) is 9.34. The first-order chi connectivity index (χ1) is 10.4. The van der Waals surface area contributed by atoms with E-state index in [9.17, 15) is 5.11 Å². The fraction of sp³-hybridized carbons (Fsp3) is 0.684. The molecule has 1 aromatic carbocycles. The first-order valence-electron chi connectivity index (χ1n) is 8.42. The van der Waals surface area contributed by atoms with E-state index in [1.807, 2.05) is 6.92 Å². The minimum atomic E-state index is -0.654. The Morgan fingerprint density at radius 1 is 1.23 bits per heavy atom. The topological polar surface area (TPSA) is 29.5 Å². The highest BCUT2D eigenvalue weighted by Gasteiger charge is 2.34. The summed E-state index contributed by atoms with van der Waals surface area (Å²) in [6.07, 6.45) is 5.31. The van der Waals surface area contributed by atoms with Gasteiger partial charge in [-0.1, -0.05) is 60.1 Å². The lowest BCUT2D eigenvalue weighted by atomic mass is 9.84. The predicted molar refractivity (Wildman–Crippen MR) is 95.5 cm³/mol. The molecule has 1 fully saturated rings. The summed E-state index contributed by atoms with van der Waals surface area (Å²) < 4.78 is 6.27. The van der Waals surface area contributed by atoms with E-state index in [1.54, 1.807) is 0 Å². The molecule has 0 radical (unpaired) electrons. The molecule has 1 N–H and O–H groups in total. The van der Waals surface area contributed by atoms with Gasteiger partial charge in [0.05, 0.1) is 17.8 Å². The van der Waals surface area contributed by atoms with Crippen LogP contribution in [-0.2, 0) is 11.2 Å². The summed E-state index contributed by atoms with van der Waals surface area (Å²) in [7, 11) is 0. The second kappa shape index (κ2) is 7.94. The number of benzene rings is 1. The van der Waals surface area contributed by atoms with Crippen LogP contribution in [0.25, 0.3) is 0 Å². The molecule has 0 spiro atoms. The van der Waals surface area contributed by atoms with E-state index < -0.39 is 5.60 Å². The predicted octanol–water partition coefficient (Wildman–Crippen LogP) is 4.73. The van der Waals surface area contributed by atoms with Gasteiger partial charge in [0.1, 0.15) is 0 Å². The van der Waals surface area contributed by atoms with Gasteiger partial charge in [0.2, 0.25) is 0 Å². The van der Waals surface area contributed by atoms with Crippen molar-refractivity contribution in [2.45, 2.75) is 75.5 Å². The van der Waals surface area contributed by atoms with Crippen LogP contribution in [0.3, 0.4) is 0 Å². The van der Waals surface area contributed by atoms with Gasteiger partial charge in [-0.2, -0.15) is 0 Å². The Kier molecular flexibility index (Phi) is 6.48. The van der Waals surface area contributed by atoms with Crippen LogP contribution in [0.15, 0.2) is 30.3 Å². The molecule has 3 heteroatoms. The molecule has 1 aromatic rings. The van der Waals surface area contributed by atoms with Crippen LogP contribution in [0.5, 0.6) is 0 Å². The largest absolute Gasteiger partial charge is 0.390 e. The Morgan fingerprint density at radius 3 is 2.50 bits per heavy atom. The van der Waals surface area contributed by atoms with Gasteiger partial charge in [0.25, 0.3) is 0 Å². The van der Waals surface area contributed by atoms with Crippen molar-refractivity contribution in [3.8, 4) is 0 Å². The summed E-state index contributed by atoms with van der Waals surface area (Å²) in [5, 5.41) is 10.5. The molecule has 1 heterocycles. The average molecular weight is 369 g/mol. The zero-order valence-electron chi connectivity index (χ0n) is 14.0. The Morgan fingerprint density at radius 2 is 1.86 bits per heavy atom. The molecule has 1 unspecified atom stereocenters. The zero-order chi connectivity index (χ0) is 16.2. The minimum absolute atomic E-state index is 0.149. The Bertz CT molecular complexity index is 444. The highest BCUT2D eigenvalue weighted by atomic mass is 79.9. The van der Waals surface area contributed by atoms with Gasteiger partial charge in [-0.15, -0.1) is 0 Å². The lowest BCUT2D eigenvalue weighted by molar-refractivity contribution is -0.0995. The van der Waals surface area contributed by atoms with Crippen molar-refractivity contribution in [2.24, 2.45) is 5.92 Å². The summed E-state index contributed by atoms with van der Waals surface area (Å²) >= 11 is 3.78. The molecular weight excluding hydrogens is 340 g/mol. The minimum Gasteiger partial charge on any atom is -0.390 e. The third-order valence-corrected chi connectivity index (χ3v) is 5.65. The summed E-state index contributed by atoms with van der Waals surface area (Å²) in [6, 6.07) is 10.6. The van der Waals surface area contributed by atoms with Crippen molar-refractivity contribution >= 4 is 15.9 Å². The fourth-order valence-electron chi connectivity index (χ4n) is 3.04. The van der Waals surface area contributed by atoms with E-state index in [0.29, 0.717) is 11.2 Å². The molecule has 1 aliphatic rings. The molecule has 22 heavy (non-hydrogen) atoms. The molecule has 2 nitrogen and oxygen atoms in total. The zero-order valence-corrected chi connectivity index (χ0v) is 15.6.